The van der Waals surface area contributed by atoms with Crippen LogP contribution in [0.3, 0.4) is 0 Å². The molecule has 3 nitrogen and oxygen atoms in total. The predicted molar refractivity (Wildman–Crippen MR) is 94.4 cm³/mol. The van der Waals surface area contributed by atoms with E-state index in [9.17, 15) is 4.79 Å². The van der Waals surface area contributed by atoms with E-state index < -0.39 is 0 Å². The molecule has 1 fully saturated rings. The molecule has 122 valence electrons. The van der Waals surface area contributed by atoms with Crippen molar-refractivity contribution in [1.82, 2.24) is 5.32 Å². The minimum atomic E-state index is 0.0721. The highest BCUT2D eigenvalue weighted by atomic mass is 16.1. The van der Waals surface area contributed by atoms with Gasteiger partial charge in [0.15, 0.2) is 0 Å². The Morgan fingerprint density at radius 3 is 2.29 bits per heavy atom. The van der Waals surface area contributed by atoms with Crippen molar-refractivity contribution in [2.45, 2.75) is 44.1 Å². The zero-order valence-electron chi connectivity index (χ0n) is 13.7. The fraction of sp³-hybridized carbons (Fsp3) is 0.333. The maximum absolute atomic E-state index is 12.2. The summed E-state index contributed by atoms with van der Waals surface area (Å²) >= 11 is 0. The van der Waals surface area contributed by atoms with E-state index in [1.807, 2.05) is 12.1 Å². The third-order valence-electron chi connectivity index (χ3n) is 4.81. The monoisotopic (exact) mass is 318 g/mol. The molecule has 0 spiro atoms. The minimum absolute atomic E-state index is 0.0721. The average Bonchev–Trinajstić information content (AvgIpc) is 2.64. The number of nitrogens with zero attached hydrogens (tertiary/aromatic N) is 1. The maximum atomic E-state index is 12.2. The molecular formula is C21H22N2O. The average molecular weight is 318 g/mol. The van der Waals surface area contributed by atoms with E-state index in [1.54, 1.807) is 12.1 Å². The third kappa shape index (κ3) is 4.23. The van der Waals surface area contributed by atoms with E-state index in [1.165, 1.54) is 5.56 Å². The molecule has 1 N–H and O–H groups in total. The highest BCUT2D eigenvalue weighted by Gasteiger charge is 2.23. The van der Waals surface area contributed by atoms with Gasteiger partial charge in [-0.3, -0.25) is 4.79 Å². The van der Waals surface area contributed by atoms with Crippen molar-refractivity contribution < 1.29 is 4.79 Å². The van der Waals surface area contributed by atoms with Crippen LogP contribution in [0.25, 0.3) is 0 Å². The Balaban J connectivity index is 1.47. The van der Waals surface area contributed by atoms with E-state index in [-0.39, 0.29) is 11.9 Å². The number of hydrogen-bond acceptors (Lipinski definition) is 2. The van der Waals surface area contributed by atoms with Crippen LogP contribution in [0.5, 0.6) is 0 Å². The first kappa shape index (κ1) is 16.3. The van der Waals surface area contributed by atoms with Gasteiger partial charge < -0.3 is 5.32 Å². The van der Waals surface area contributed by atoms with E-state index in [0.717, 1.165) is 31.2 Å². The number of carbonyl (C=O) groups is 1. The number of hydrogen-bond donors (Lipinski definition) is 1. The molecule has 2 aromatic rings. The highest BCUT2D eigenvalue weighted by molar-refractivity contribution is 5.78. The number of nitriles is 1. The Bertz CT molecular complexity index is 708. The molecule has 1 saturated carbocycles. The first-order valence-electron chi connectivity index (χ1n) is 8.58. The summed E-state index contributed by atoms with van der Waals surface area (Å²) in [5.74, 6) is 0.695. The lowest BCUT2D eigenvalue weighted by atomic mass is 9.82. The summed E-state index contributed by atoms with van der Waals surface area (Å²) in [4.78, 5) is 12.2. The number of nitrogens with one attached hydrogen (secondary N) is 1. The molecule has 0 heterocycles. The van der Waals surface area contributed by atoms with Crippen molar-refractivity contribution in [2.75, 3.05) is 0 Å². The van der Waals surface area contributed by atoms with Crippen LogP contribution in [0.2, 0.25) is 0 Å². The summed E-state index contributed by atoms with van der Waals surface area (Å²) in [6.07, 6.45) is 4.72. The van der Waals surface area contributed by atoms with E-state index in [0.29, 0.717) is 17.9 Å². The topological polar surface area (TPSA) is 52.9 Å². The second-order valence-electron chi connectivity index (χ2n) is 6.51. The Morgan fingerprint density at radius 1 is 1.00 bits per heavy atom. The normalized spacial score (nSPS) is 20.1. The highest BCUT2D eigenvalue weighted by Crippen LogP contribution is 2.32. The summed E-state index contributed by atoms with van der Waals surface area (Å²) in [5.41, 5.74) is 2.99. The molecule has 0 aromatic heterocycles. The van der Waals surface area contributed by atoms with Gasteiger partial charge in [0.25, 0.3) is 0 Å². The van der Waals surface area contributed by atoms with E-state index in [2.05, 4.69) is 41.7 Å². The molecule has 0 unspecified atom stereocenters. The zero-order chi connectivity index (χ0) is 16.8. The molecule has 24 heavy (non-hydrogen) atoms. The van der Waals surface area contributed by atoms with Gasteiger partial charge in [-0.05, 0) is 54.9 Å². The number of rotatable bonds is 4. The molecular weight excluding hydrogens is 296 g/mol. The molecule has 0 saturated heterocycles. The molecule has 1 aliphatic carbocycles. The van der Waals surface area contributed by atoms with Crippen LogP contribution in [0, 0.1) is 11.3 Å². The van der Waals surface area contributed by atoms with Crippen molar-refractivity contribution in [3.63, 3.8) is 0 Å². The lowest BCUT2D eigenvalue weighted by Gasteiger charge is -2.29. The van der Waals surface area contributed by atoms with Crippen molar-refractivity contribution in [1.29, 1.82) is 5.26 Å². The number of benzene rings is 2. The largest absolute Gasteiger partial charge is 0.353 e. The Morgan fingerprint density at radius 2 is 1.67 bits per heavy atom. The van der Waals surface area contributed by atoms with Gasteiger partial charge in [-0.1, -0.05) is 42.5 Å². The smallest absolute Gasteiger partial charge is 0.224 e. The van der Waals surface area contributed by atoms with Crippen LogP contribution in [-0.2, 0) is 11.2 Å². The molecule has 0 radical (unpaired) electrons. The van der Waals surface area contributed by atoms with Crippen LogP contribution in [0.15, 0.2) is 54.6 Å². The van der Waals surface area contributed by atoms with Gasteiger partial charge in [0.05, 0.1) is 18.1 Å². The first-order chi connectivity index (χ1) is 11.7. The molecule has 3 rings (SSSR count). The van der Waals surface area contributed by atoms with Crippen LogP contribution in [0.1, 0.15) is 48.3 Å². The fourth-order valence-corrected chi connectivity index (χ4v) is 3.46. The molecule has 3 heteroatoms. The zero-order valence-corrected chi connectivity index (χ0v) is 13.7. The number of amides is 1. The van der Waals surface area contributed by atoms with Crippen LogP contribution in [-0.4, -0.2) is 11.9 Å². The lowest BCUT2D eigenvalue weighted by molar-refractivity contribution is -0.121. The van der Waals surface area contributed by atoms with Gasteiger partial charge in [0.2, 0.25) is 5.91 Å². The van der Waals surface area contributed by atoms with Crippen molar-refractivity contribution in [3.8, 4) is 6.07 Å². The minimum Gasteiger partial charge on any atom is -0.353 e. The molecule has 0 atom stereocenters. The van der Waals surface area contributed by atoms with Crippen molar-refractivity contribution in [3.05, 3.63) is 71.3 Å². The summed E-state index contributed by atoms with van der Waals surface area (Å²) in [7, 11) is 0. The van der Waals surface area contributed by atoms with Gasteiger partial charge in [0, 0.05) is 6.04 Å². The standard InChI is InChI=1S/C21H22N2O/c22-15-17-8-6-16(7-9-17)14-21(24)23-20-12-10-19(11-13-20)18-4-2-1-3-5-18/h1-9,19-20H,10-14H2,(H,23,24)/t19-,20-. The predicted octanol–water partition coefficient (Wildman–Crippen LogP) is 3.94. The summed E-state index contributed by atoms with van der Waals surface area (Å²) < 4.78 is 0. The Labute approximate surface area is 143 Å². The van der Waals surface area contributed by atoms with E-state index >= 15 is 0 Å². The van der Waals surface area contributed by atoms with Crippen LogP contribution in [0.4, 0.5) is 0 Å². The third-order valence-corrected chi connectivity index (χ3v) is 4.81. The number of carbonyl (C=O) groups excluding carboxylic acids is 1. The van der Waals surface area contributed by atoms with E-state index in [4.69, 9.17) is 5.26 Å². The second kappa shape index (κ2) is 7.79. The summed E-state index contributed by atoms with van der Waals surface area (Å²) in [6, 6.07) is 20.3. The second-order valence-corrected chi connectivity index (χ2v) is 6.51. The van der Waals surface area contributed by atoms with Gasteiger partial charge in [0.1, 0.15) is 0 Å². The van der Waals surface area contributed by atoms with Crippen LogP contribution >= 0.6 is 0 Å². The van der Waals surface area contributed by atoms with Crippen molar-refractivity contribution >= 4 is 5.91 Å². The van der Waals surface area contributed by atoms with Crippen LogP contribution < -0.4 is 5.32 Å². The lowest BCUT2D eigenvalue weighted by Crippen LogP contribution is -2.38. The Hall–Kier alpha value is -2.60. The van der Waals surface area contributed by atoms with Gasteiger partial charge in [-0.2, -0.15) is 5.26 Å². The maximum Gasteiger partial charge on any atom is 0.224 e. The summed E-state index contributed by atoms with van der Waals surface area (Å²) in [5, 5.41) is 12.0. The van der Waals surface area contributed by atoms with Gasteiger partial charge in [-0.25, -0.2) is 0 Å². The molecule has 0 aliphatic heterocycles. The quantitative estimate of drug-likeness (QED) is 0.928. The van der Waals surface area contributed by atoms with Gasteiger partial charge >= 0.3 is 0 Å². The first-order valence-corrected chi connectivity index (χ1v) is 8.58. The molecule has 0 bridgehead atoms. The summed E-state index contributed by atoms with van der Waals surface area (Å²) in [6.45, 7) is 0. The van der Waals surface area contributed by atoms with Crippen molar-refractivity contribution in [2.24, 2.45) is 0 Å². The fourth-order valence-electron chi connectivity index (χ4n) is 3.46. The molecule has 2 aromatic carbocycles. The molecule has 1 amide bonds. The molecule has 1 aliphatic rings. The van der Waals surface area contributed by atoms with Gasteiger partial charge in [-0.15, -0.1) is 0 Å². The SMILES string of the molecule is N#Cc1ccc(CC(=O)N[C@H]2CC[C@H](c3ccccc3)CC2)cc1. The Kier molecular flexibility index (Phi) is 5.28.